The Morgan fingerprint density at radius 3 is 2.58 bits per heavy atom. The highest BCUT2D eigenvalue weighted by molar-refractivity contribution is 7.92. The van der Waals surface area contributed by atoms with Crippen molar-refractivity contribution in [1.82, 2.24) is 10.2 Å². The van der Waals surface area contributed by atoms with E-state index in [2.05, 4.69) is 21.9 Å². The van der Waals surface area contributed by atoms with E-state index in [0.29, 0.717) is 6.54 Å². The molecular weight excluding hydrogens is 357 g/mol. The molecule has 0 spiro atoms. The van der Waals surface area contributed by atoms with E-state index in [1.165, 1.54) is 37.5 Å². The van der Waals surface area contributed by atoms with Gasteiger partial charge in [-0.25, -0.2) is 12.8 Å². The van der Waals surface area contributed by atoms with Gasteiger partial charge < -0.3 is 5.32 Å². The van der Waals surface area contributed by atoms with Gasteiger partial charge >= 0.3 is 0 Å². The first kappa shape index (κ1) is 20.6. The molecule has 1 aromatic carbocycles. The molecule has 1 amide bonds. The molecule has 1 heterocycles. The first-order chi connectivity index (χ1) is 12.3. The number of hydrogen-bond acceptors (Lipinski definition) is 4. The number of carbonyl (C=O) groups is 1. The van der Waals surface area contributed by atoms with Gasteiger partial charge in [-0.1, -0.05) is 19.4 Å². The number of benzene rings is 1. The molecule has 146 valence electrons. The lowest BCUT2D eigenvalue weighted by Crippen LogP contribution is -2.46. The zero-order valence-electron chi connectivity index (χ0n) is 15.4. The Labute approximate surface area is 155 Å². The van der Waals surface area contributed by atoms with E-state index < -0.39 is 21.8 Å². The van der Waals surface area contributed by atoms with Gasteiger partial charge in [0.2, 0.25) is 15.9 Å². The highest BCUT2D eigenvalue weighted by Crippen LogP contribution is 2.14. The van der Waals surface area contributed by atoms with E-state index in [4.69, 9.17) is 0 Å². The second-order valence-corrected chi connectivity index (χ2v) is 8.75. The molecule has 0 saturated carbocycles. The van der Waals surface area contributed by atoms with Gasteiger partial charge in [0.1, 0.15) is 5.82 Å². The Morgan fingerprint density at radius 2 is 1.92 bits per heavy atom. The molecule has 1 fully saturated rings. The van der Waals surface area contributed by atoms with E-state index in [1.54, 1.807) is 6.92 Å². The molecule has 2 atom stereocenters. The van der Waals surface area contributed by atoms with E-state index in [1.807, 2.05) is 0 Å². The molecule has 1 aliphatic heterocycles. The quantitative estimate of drug-likeness (QED) is 0.719. The highest BCUT2D eigenvalue weighted by Gasteiger charge is 2.23. The topological polar surface area (TPSA) is 78.5 Å². The van der Waals surface area contributed by atoms with Crippen molar-refractivity contribution in [3.63, 3.8) is 0 Å². The maximum atomic E-state index is 13.2. The normalized spacial score (nSPS) is 18.1. The minimum absolute atomic E-state index is 0.149. The van der Waals surface area contributed by atoms with Crippen LogP contribution in [0.25, 0.3) is 0 Å². The largest absolute Gasteiger partial charge is 0.354 e. The Morgan fingerprint density at radius 1 is 1.23 bits per heavy atom. The van der Waals surface area contributed by atoms with Crippen molar-refractivity contribution >= 4 is 21.6 Å². The van der Waals surface area contributed by atoms with Crippen molar-refractivity contribution in [2.24, 2.45) is 5.92 Å². The molecule has 2 unspecified atom stereocenters. The van der Waals surface area contributed by atoms with Gasteiger partial charge in [0.15, 0.2) is 0 Å². The fraction of sp³-hybridized carbons (Fsp3) is 0.611. The van der Waals surface area contributed by atoms with Crippen LogP contribution in [0.3, 0.4) is 0 Å². The highest BCUT2D eigenvalue weighted by atomic mass is 32.2. The Balaban J connectivity index is 1.81. The van der Waals surface area contributed by atoms with Gasteiger partial charge in [-0.2, -0.15) is 0 Å². The van der Waals surface area contributed by atoms with Crippen molar-refractivity contribution in [3.05, 3.63) is 30.1 Å². The third-order valence-corrected chi connectivity index (χ3v) is 6.09. The number of nitrogens with zero attached hydrogens (tertiary/aromatic N) is 1. The van der Waals surface area contributed by atoms with E-state index in [0.717, 1.165) is 19.2 Å². The van der Waals surface area contributed by atoms with Gasteiger partial charge in [-0.05, 0) is 51.1 Å². The van der Waals surface area contributed by atoms with Gasteiger partial charge in [0.25, 0.3) is 0 Å². The molecule has 0 radical (unpaired) electrons. The fourth-order valence-corrected chi connectivity index (χ4v) is 4.47. The molecule has 2 rings (SSSR count). The first-order valence-corrected chi connectivity index (χ1v) is 10.7. The summed E-state index contributed by atoms with van der Waals surface area (Å²) < 4.78 is 39.8. The maximum Gasteiger partial charge on any atom is 0.233 e. The monoisotopic (exact) mass is 385 g/mol. The average Bonchev–Trinajstić information content (AvgIpc) is 2.59. The number of amides is 1. The van der Waals surface area contributed by atoms with Gasteiger partial charge in [0, 0.05) is 12.6 Å². The summed E-state index contributed by atoms with van der Waals surface area (Å²) in [5, 5.41) is 2.84. The van der Waals surface area contributed by atoms with E-state index in [-0.39, 0.29) is 23.4 Å². The molecule has 0 aromatic heterocycles. The van der Waals surface area contributed by atoms with Crippen molar-refractivity contribution in [2.75, 3.05) is 30.1 Å². The average molecular weight is 386 g/mol. The third-order valence-electron chi connectivity index (χ3n) is 4.60. The van der Waals surface area contributed by atoms with Gasteiger partial charge in [-0.15, -0.1) is 0 Å². The summed E-state index contributed by atoms with van der Waals surface area (Å²) in [6.07, 6.45) is 3.61. The fourth-order valence-electron chi connectivity index (χ4n) is 3.09. The molecule has 2 N–H and O–H groups in total. The lowest BCUT2D eigenvalue weighted by molar-refractivity contribution is -0.124. The lowest BCUT2D eigenvalue weighted by atomic mass is 10.1. The Kier molecular flexibility index (Phi) is 7.40. The SMILES string of the molecule is CC(CS(=O)(=O)Nc1cccc(F)c1)C(=O)NCC(C)N1CCCCC1. The number of sulfonamides is 1. The van der Waals surface area contributed by atoms with Crippen LogP contribution in [0, 0.1) is 11.7 Å². The molecule has 1 aliphatic rings. The standard InChI is InChI=1S/C18H28FN3O3S/c1-14(13-26(24,25)21-17-8-6-7-16(19)11-17)18(23)20-12-15(2)22-9-4-3-5-10-22/h6-8,11,14-15,21H,3-5,9-10,12-13H2,1-2H3,(H,20,23). The molecule has 8 heteroatoms. The lowest BCUT2D eigenvalue weighted by Gasteiger charge is -2.32. The van der Waals surface area contributed by atoms with Crippen LogP contribution in [0.4, 0.5) is 10.1 Å². The number of likely N-dealkylation sites (tertiary alicyclic amines) is 1. The number of halogens is 1. The number of anilines is 1. The van der Waals surface area contributed by atoms with E-state index >= 15 is 0 Å². The molecular formula is C18H28FN3O3S. The number of carbonyl (C=O) groups excluding carboxylic acids is 1. The number of rotatable bonds is 8. The van der Waals surface area contributed by atoms with Crippen LogP contribution in [-0.4, -0.2) is 50.7 Å². The molecule has 1 aromatic rings. The Bertz CT molecular complexity index is 705. The van der Waals surface area contributed by atoms with Crippen molar-refractivity contribution in [3.8, 4) is 0 Å². The molecule has 26 heavy (non-hydrogen) atoms. The summed E-state index contributed by atoms with van der Waals surface area (Å²) in [7, 11) is -3.74. The van der Waals surface area contributed by atoms with Crippen molar-refractivity contribution < 1.29 is 17.6 Å². The van der Waals surface area contributed by atoms with E-state index in [9.17, 15) is 17.6 Å². The Hall–Kier alpha value is -1.67. The van der Waals surface area contributed by atoms with Crippen LogP contribution in [0.5, 0.6) is 0 Å². The summed E-state index contributed by atoms with van der Waals surface area (Å²) in [6.45, 7) is 6.22. The van der Waals surface area contributed by atoms with Gasteiger partial charge in [0.05, 0.1) is 17.4 Å². The van der Waals surface area contributed by atoms with Crippen LogP contribution < -0.4 is 10.0 Å². The molecule has 0 aliphatic carbocycles. The molecule has 1 saturated heterocycles. The van der Waals surface area contributed by atoms with Crippen molar-refractivity contribution in [2.45, 2.75) is 39.2 Å². The maximum absolute atomic E-state index is 13.2. The molecule has 6 nitrogen and oxygen atoms in total. The zero-order chi connectivity index (χ0) is 19.2. The van der Waals surface area contributed by atoms with Crippen molar-refractivity contribution in [1.29, 1.82) is 0 Å². The predicted molar refractivity (Wildman–Crippen MR) is 101 cm³/mol. The van der Waals surface area contributed by atoms with Crippen LogP contribution >= 0.6 is 0 Å². The minimum Gasteiger partial charge on any atom is -0.354 e. The van der Waals surface area contributed by atoms with Gasteiger partial charge in [-0.3, -0.25) is 14.4 Å². The minimum atomic E-state index is -3.74. The molecule has 0 bridgehead atoms. The smallest absolute Gasteiger partial charge is 0.233 e. The second kappa shape index (κ2) is 9.32. The number of piperidine rings is 1. The summed E-state index contributed by atoms with van der Waals surface area (Å²) in [5.41, 5.74) is 0.149. The first-order valence-electron chi connectivity index (χ1n) is 9.04. The summed E-state index contributed by atoms with van der Waals surface area (Å²) >= 11 is 0. The third kappa shape index (κ3) is 6.57. The number of nitrogens with one attached hydrogen (secondary N) is 2. The van der Waals surface area contributed by atoms with Crippen LogP contribution in [0.2, 0.25) is 0 Å². The van der Waals surface area contributed by atoms with Crippen LogP contribution in [0.1, 0.15) is 33.1 Å². The second-order valence-electron chi connectivity index (χ2n) is 6.99. The predicted octanol–water partition coefficient (Wildman–Crippen LogP) is 2.19. The number of hydrogen-bond donors (Lipinski definition) is 2. The summed E-state index contributed by atoms with van der Waals surface area (Å²) in [6, 6.07) is 5.45. The zero-order valence-corrected chi connectivity index (χ0v) is 16.2. The summed E-state index contributed by atoms with van der Waals surface area (Å²) in [4.78, 5) is 14.6. The summed E-state index contributed by atoms with van der Waals surface area (Å²) in [5.74, 6) is -1.87. The van der Waals surface area contributed by atoms with Crippen LogP contribution in [-0.2, 0) is 14.8 Å². The van der Waals surface area contributed by atoms with Crippen LogP contribution in [0.15, 0.2) is 24.3 Å².